The number of nitriles is 1. The molecule has 0 bridgehead atoms. The maximum absolute atomic E-state index is 12.7. The summed E-state index contributed by atoms with van der Waals surface area (Å²) in [5, 5.41) is 21.8. The van der Waals surface area contributed by atoms with E-state index in [2.05, 4.69) is 42.4 Å². The minimum atomic E-state index is -0.206. The number of methoxy groups -OCH3 is 1. The van der Waals surface area contributed by atoms with Crippen LogP contribution in [0.25, 0.3) is 11.5 Å². The number of hydrogen-bond donors (Lipinski definition) is 1. The van der Waals surface area contributed by atoms with Gasteiger partial charge in [0.2, 0.25) is 5.91 Å². The summed E-state index contributed by atoms with van der Waals surface area (Å²) < 4.78 is 11.0. The lowest BCUT2D eigenvalue weighted by atomic mass is 9.69. The van der Waals surface area contributed by atoms with Crippen molar-refractivity contribution in [1.82, 2.24) is 10.2 Å². The van der Waals surface area contributed by atoms with Gasteiger partial charge in [-0.1, -0.05) is 51.1 Å². The Morgan fingerprint density at radius 1 is 1.38 bits per heavy atom. The van der Waals surface area contributed by atoms with Gasteiger partial charge in [-0.25, -0.2) is 0 Å². The van der Waals surface area contributed by atoms with Crippen molar-refractivity contribution in [2.75, 3.05) is 18.2 Å². The fourth-order valence-electron chi connectivity index (χ4n) is 4.24. The molecule has 1 aliphatic carbocycles. The predicted octanol–water partition coefficient (Wildman–Crippen LogP) is 5.95. The lowest BCUT2D eigenvalue weighted by Crippen LogP contribution is -2.28. The normalized spacial score (nSPS) is 15.4. The number of thiophene rings is 1. The molecule has 4 rings (SSSR count). The Bertz CT molecular complexity index is 1230. The standard InChI is InChI=1S/C25H28N4O3S2/c1-5-25(2,3)15-10-11-16-18(13-26)23(34-20(16)12-15)27-21(30)14-33-24-29-28-22(32-24)17-8-6-7-9-19(17)31-4/h6-9,15H,5,10-12,14H2,1-4H3,(H,27,30). The maximum Gasteiger partial charge on any atom is 0.277 e. The number of benzene rings is 1. The van der Waals surface area contributed by atoms with E-state index in [1.54, 1.807) is 18.4 Å². The molecular weight excluding hydrogens is 468 g/mol. The predicted molar refractivity (Wildman–Crippen MR) is 134 cm³/mol. The fraction of sp³-hybridized carbons (Fsp3) is 0.440. The van der Waals surface area contributed by atoms with Crippen LogP contribution in [0.15, 0.2) is 33.9 Å². The zero-order chi connectivity index (χ0) is 24.3. The summed E-state index contributed by atoms with van der Waals surface area (Å²) in [5.74, 6) is 1.46. The molecule has 0 spiro atoms. The highest BCUT2D eigenvalue weighted by Crippen LogP contribution is 2.45. The van der Waals surface area contributed by atoms with Crippen LogP contribution in [0.4, 0.5) is 5.00 Å². The molecule has 0 aliphatic heterocycles. The van der Waals surface area contributed by atoms with Crippen LogP contribution in [0.1, 0.15) is 49.6 Å². The number of hydrogen-bond acceptors (Lipinski definition) is 8. The van der Waals surface area contributed by atoms with E-state index in [1.807, 2.05) is 24.3 Å². The van der Waals surface area contributed by atoms with Crippen molar-refractivity contribution >= 4 is 34.0 Å². The van der Waals surface area contributed by atoms with Crippen molar-refractivity contribution in [2.45, 2.75) is 51.7 Å². The number of rotatable bonds is 8. The van der Waals surface area contributed by atoms with Gasteiger partial charge < -0.3 is 14.5 Å². The van der Waals surface area contributed by atoms with Crippen LogP contribution in [-0.2, 0) is 17.6 Å². The second kappa shape index (κ2) is 10.2. The van der Waals surface area contributed by atoms with Gasteiger partial charge in [-0.3, -0.25) is 4.79 Å². The summed E-state index contributed by atoms with van der Waals surface area (Å²) >= 11 is 2.70. The zero-order valence-corrected chi connectivity index (χ0v) is 21.4. The van der Waals surface area contributed by atoms with Gasteiger partial charge >= 0.3 is 0 Å². The molecule has 2 aromatic heterocycles. The summed E-state index contributed by atoms with van der Waals surface area (Å²) in [6.07, 6.45) is 4.06. The number of anilines is 1. The van der Waals surface area contributed by atoms with E-state index in [0.29, 0.717) is 38.9 Å². The molecule has 3 aromatic rings. The van der Waals surface area contributed by atoms with Crippen molar-refractivity contribution in [3.8, 4) is 23.3 Å². The summed E-state index contributed by atoms with van der Waals surface area (Å²) in [6.45, 7) is 6.87. The minimum absolute atomic E-state index is 0.104. The highest BCUT2D eigenvalue weighted by Gasteiger charge is 2.34. The van der Waals surface area contributed by atoms with Crippen molar-refractivity contribution in [2.24, 2.45) is 11.3 Å². The Hall–Kier alpha value is -2.83. The number of aromatic nitrogens is 2. The van der Waals surface area contributed by atoms with Crippen LogP contribution in [-0.4, -0.2) is 29.0 Å². The topological polar surface area (TPSA) is 101 Å². The smallest absolute Gasteiger partial charge is 0.277 e. The molecule has 0 saturated carbocycles. The molecule has 1 aromatic carbocycles. The summed E-state index contributed by atoms with van der Waals surface area (Å²) in [6, 6.07) is 9.70. The largest absolute Gasteiger partial charge is 0.496 e. The van der Waals surface area contributed by atoms with E-state index < -0.39 is 0 Å². The van der Waals surface area contributed by atoms with E-state index in [-0.39, 0.29) is 17.1 Å². The second-order valence-corrected chi connectivity index (χ2v) is 11.0. The van der Waals surface area contributed by atoms with E-state index in [0.717, 1.165) is 43.0 Å². The number of ether oxygens (including phenoxy) is 1. The average molecular weight is 497 g/mol. The second-order valence-electron chi connectivity index (χ2n) is 9.01. The first kappa shape index (κ1) is 24.3. The Morgan fingerprint density at radius 2 is 2.18 bits per heavy atom. The fourth-order valence-corrected chi connectivity index (χ4v) is 6.09. The van der Waals surface area contributed by atoms with Crippen molar-refractivity contribution in [3.63, 3.8) is 0 Å². The number of carbonyl (C=O) groups excluding carboxylic acids is 1. The summed E-state index contributed by atoms with van der Waals surface area (Å²) in [7, 11) is 1.58. The highest BCUT2D eigenvalue weighted by atomic mass is 32.2. The Morgan fingerprint density at radius 3 is 2.91 bits per heavy atom. The van der Waals surface area contributed by atoms with Gasteiger partial charge in [0.05, 0.1) is 24.0 Å². The zero-order valence-electron chi connectivity index (χ0n) is 19.8. The van der Waals surface area contributed by atoms with Gasteiger partial charge in [0.1, 0.15) is 16.8 Å². The number of nitrogens with zero attached hydrogens (tertiary/aromatic N) is 3. The SMILES string of the molecule is CCC(C)(C)C1CCc2c(sc(NC(=O)CSc3nnc(-c4ccccc4OC)o3)c2C#N)C1. The number of para-hydroxylation sites is 1. The number of carbonyl (C=O) groups is 1. The number of amides is 1. The molecular formula is C25H28N4O3S2. The Balaban J connectivity index is 1.41. The maximum atomic E-state index is 12.7. The molecule has 178 valence electrons. The number of fused-ring (bicyclic) bond motifs is 1. The van der Waals surface area contributed by atoms with Crippen molar-refractivity contribution in [1.29, 1.82) is 5.26 Å². The molecule has 1 atom stereocenters. The van der Waals surface area contributed by atoms with Crippen LogP contribution in [0.5, 0.6) is 5.75 Å². The molecule has 0 radical (unpaired) electrons. The van der Waals surface area contributed by atoms with Gasteiger partial charge in [0.15, 0.2) is 0 Å². The quantitative estimate of drug-likeness (QED) is 0.385. The molecule has 2 heterocycles. The van der Waals surface area contributed by atoms with E-state index in [1.165, 1.54) is 4.88 Å². The molecule has 1 aliphatic rings. The highest BCUT2D eigenvalue weighted by molar-refractivity contribution is 7.99. The van der Waals surface area contributed by atoms with Gasteiger partial charge in [0, 0.05) is 4.88 Å². The van der Waals surface area contributed by atoms with E-state index in [9.17, 15) is 10.1 Å². The first-order valence-electron chi connectivity index (χ1n) is 11.3. The molecule has 7 nitrogen and oxygen atoms in total. The van der Waals surface area contributed by atoms with Crippen LogP contribution in [0.2, 0.25) is 0 Å². The first-order valence-corrected chi connectivity index (χ1v) is 13.1. The van der Waals surface area contributed by atoms with E-state index >= 15 is 0 Å². The van der Waals surface area contributed by atoms with Crippen LogP contribution in [0, 0.1) is 22.7 Å². The Labute approximate surface area is 207 Å². The number of thioether (sulfide) groups is 1. The molecule has 34 heavy (non-hydrogen) atoms. The van der Waals surface area contributed by atoms with Crippen LogP contribution in [0.3, 0.4) is 0 Å². The van der Waals surface area contributed by atoms with Gasteiger partial charge in [0.25, 0.3) is 11.1 Å². The number of nitrogens with one attached hydrogen (secondary N) is 1. The molecule has 0 fully saturated rings. The summed E-state index contributed by atoms with van der Waals surface area (Å²) in [5.41, 5.74) is 2.68. The lowest BCUT2D eigenvalue weighted by molar-refractivity contribution is -0.113. The molecule has 1 amide bonds. The third-order valence-corrected chi connectivity index (χ3v) is 8.71. The van der Waals surface area contributed by atoms with Gasteiger partial charge in [-0.15, -0.1) is 21.5 Å². The monoisotopic (exact) mass is 496 g/mol. The van der Waals surface area contributed by atoms with Crippen LogP contribution < -0.4 is 10.1 Å². The third kappa shape index (κ3) is 4.98. The van der Waals surface area contributed by atoms with Gasteiger partial charge in [-0.2, -0.15) is 5.26 Å². The first-order chi connectivity index (χ1) is 16.4. The van der Waals surface area contributed by atoms with E-state index in [4.69, 9.17) is 9.15 Å². The summed E-state index contributed by atoms with van der Waals surface area (Å²) in [4.78, 5) is 13.9. The molecule has 1 unspecified atom stereocenters. The molecule has 0 saturated heterocycles. The molecule has 9 heteroatoms. The van der Waals surface area contributed by atoms with Crippen molar-refractivity contribution < 1.29 is 13.9 Å². The van der Waals surface area contributed by atoms with Gasteiger partial charge in [-0.05, 0) is 48.3 Å². The van der Waals surface area contributed by atoms with Crippen molar-refractivity contribution in [3.05, 3.63) is 40.3 Å². The Kier molecular flexibility index (Phi) is 7.29. The third-order valence-electron chi connectivity index (χ3n) is 6.72. The lowest BCUT2D eigenvalue weighted by Gasteiger charge is -2.36. The average Bonchev–Trinajstić information content (AvgIpc) is 3.46. The minimum Gasteiger partial charge on any atom is -0.496 e. The molecule has 1 N–H and O–H groups in total. The van der Waals surface area contributed by atoms with Crippen LogP contribution >= 0.6 is 23.1 Å².